The van der Waals surface area contributed by atoms with Crippen LogP contribution < -0.4 is 4.74 Å². The lowest BCUT2D eigenvalue weighted by Gasteiger charge is -2.64. The summed E-state index contributed by atoms with van der Waals surface area (Å²) in [6, 6.07) is 3.28. The molecule has 1 aromatic rings. The van der Waals surface area contributed by atoms with E-state index in [-0.39, 0.29) is 36.4 Å². The second kappa shape index (κ2) is 5.81. The zero-order valence-electron chi connectivity index (χ0n) is 17.5. The molecule has 2 amide bonds. The van der Waals surface area contributed by atoms with E-state index in [4.69, 9.17) is 4.74 Å². The summed E-state index contributed by atoms with van der Waals surface area (Å²) < 4.78 is 6.45. The number of aromatic hydroxyl groups is 1. The Balaban J connectivity index is 1.40. The quantitative estimate of drug-likeness (QED) is 0.715. The third kappa shape index (κ3) is 2.12. The largest absolute Gasteiger partial charge is 0.504 e. The molecule has 0 unspecified atom stereocenters. The van der Waals surface area contributed by atoms with Crippen LogP contribution in [0.4, 0.5) is 0 Å². The summed E-state index contributed by atoms with van der Waals surface area (Å²) in [7, 11) is 0. The van der Waals surface area contributed by atoms with E-state index in [1.165, 1.54) is 17.7 Å². The van der Waals surface area contributed by atoms with Gasteiger partial charge < -0.3 is 14.9 Å². The van der Waals surface area contributed by atoms with Crippen LogP contribution in [0.25, 0.3) is 0 Å². The van der Waals surface area contributed by atoms with Crippen LogP contribution in [0.5, 0.6) is 11.5 Å². The molecule has 1 aromatic carbocycles. The van der Waals surface area contributed by atoms with Crippen LogP contribution in [0.3, 0.4) is 0 Å². The van der Waals surface area contributed by atoms with E-state index in [9.17, 15) is 19.8 Å². The summed E-state index contributed by atoms with van der Waals surface area (Å²) in [5.41, 5.74) is 0.390. The Hall–Kier alpha value is -2.12. The van der Waals surface area contributed by atoms with Crippen molar-refractivity contribution in [1.29, 1.82) is 0 Å². The minimum Gasteiger partial charge on any atom is -0.504 e. The third-order valence-corrected chi connectivity index (χ3v) is 9.15. The number of piperidine rings is 1. The first-order chi connectivity index (χ1) is 14.9. The highest BCUT2D eigenvalue weighted by Gasteiger charge is 2.74. The minimum atomic E-state index is -0.987. The number of hydrogen-bond donors (Lipinski definition) is 2. The summed E-state index contributed by atoms with van der Waals surface area (Å²) in [6.07, 6.45) is 5.07. The van der Waals surface area contributed by atoms with Crippen molar-refractivity contribution in [2.24, 2.45) is 5.92 Å². The Bertz CT molecular complexity index is 1010. The molecule has 7 rings (SSSR count). The highest BCUT2D eigenvalue weighted by Crippen LogP contribution is 2.66. The third-order valence-electron chi connectivity index (χ3n) is 9.15. The van der Waals surface area contributed by atoms with Crippen molar-refractivity contribution in [2.45, 2.75) is 80.6 Å². The van der Waals surface area contributed by atoms with E-state index in [0.29, 0.717) is 25.0 Å². The summed E-state index contributed by atoms with van der Waals surface area (Å²) in [6.45, 7) is 1.90. The molecular weight excluding hydrogens is 396 g/mol. The van der Waals surface area contributed by atoms with Crippen LogP contribution in [0, 0.1) is 5.92 Å². The molecule has 2 N–H and O–H groups in total. The minimum absolute atomic E-state index is 0.00174. The van der Waals surface area contributed by atoms with Gasteiger partial charge in [-0.15, -0.1) is 0 Å². The highest BCUT2D eigenvalue weighted by molar-refractivity contribution is 6.02. The lowest BCUT2D eigenvalue weighted by Crippen LogP contribution is -2.78. The van der Waals surface area contributed by atoms with Gasteiger partial charge in [0.15, 0.2) is 11.5 Å². The van der Waals surface area contributed by atoms with Crippen molar-refractivity contribution < 1.29 is 24.5 Å². The summed E-state index contributed by atoms with van der Waals surface area (Å²) in [4.78, 5) is 29.2. The fourth-order valence-electron chi connectivity index (χ4n) is 7.68. The second-order valence-corrected chi connectivity index (χ2v) is 10.6. The maximum absolute atomic E-state index is 12.6. The van der Waals surface area contributed by atoms with Crippen molar-refractivity contribution >= 4 is 11.8 Å². The fourth-order valence-corrected chi connectivity index (χ4v) is 7.68. The Kier molecular flexibility index (Phi) is 3.46. The number of hydrogen-bond acceptors (Lipinski definition) is 6. The highest BCUT2D eigenvalue weighted by atomic mass is 16.5. The number of imide groups is 1. The molecule has 2 bridgehead atoms. The number of likely N-dealkylation sites (tertiary alicyclic amines) is 2. The molecule has 3 aliphatic carbocycles. The molecule has 3 aliphatic heterocycles. The number of rotatable bonds is 3. The molecule has 4 fully saturated rings. The van der Waals surface area contributed by atoms with E-state index >= 15 is 0 Å². The number of nitrogens with zero attached hydrogens (tertiary/aromatic N) is 2. The lowest BCUT2D eigenvalue weighted by molar-refractivity contribution is -0.201. The van der Waals surface area contributed by atoms with Crippen LogP contribution in [-0.2, 0) is 21.4 Å². The molecule has 7 nitrogen and oxygen atoms in total. The van der Waals surface area contributed by atoms with Gasteiger partial charge in [-0.3, -0.25) is 19.4 Å². The van der Waals surface area contributed by atoms with Crippen LogP contribution in [0.1, 0.15) is 56.1 Å². The molecule has 164 valence electrons. The smallest absolute Gasteiger partial charge is 0.230 e. The molecule has 1 spiro atoms. The average molecular weight is 424 g/mol. The SMILES string of the molecule is O=C1CCC(=O)N1[C@@H]1CC[C@@]2(O)[C@@H]3Cc4ccc(O)c5c4[C@@]2(CCN3CC2CC2)[C@H]1O5. The van der Waals surface area contributed by atoms with E-state index in [2.05, 4.69) is 4.90 Å². The van der Waals surface area contributed by atoms with Crippen molar-refractivity contribution in [2.75, 3.05) is 13.1 Å². The van der Waals surface area contributed by atoms with Gasteiger partial charge in [0.2, 0.25) is 11.8 Å². The predicted molar refractivity (Wildman–Crippen MR) is 110 cm³/mol. The molecular formula is C24H28N2O5. The first kappa shape index (κ1) is 18.5. The molecule has 7 heteroatoms. The molecule has 31 heavy (non-hydrogen) atoms. The summed E-state index contributed by atoms with van der Waals surface area (Å²) in [5, 5.41) is 23.1. The van der Waals surface area contributed by atoms with Crippen molar-refractivity contribution in [1.82, 2.24) is 9.80 Å². The molecule has 2 saturated heterocycles. The zero-order chi connectivity index (χ0) is 21.1. The van der Waals surface area contributed by atoms with Gasteiger partial charge in [-0.1, -0.05) is 6.07 Å². The topological polar surface area (TPSA) is 90.3 Å². The van der Waals surface area contributed by atoms with Crippen molar-refractivity contribution in [3.05, 3.63) is 23.3 Å². The lowest BCUT2D eigenvalue weighted by atomic mass is 9.48. The summed E-state index contributed by atoms with van der Waals surface area (Å²) >= 11 is 0. The number of ether oxygens (including phenoxy) is 1. The van der Waals surface area contributed by atoms with E-state index in [1.807, 2.05) is 6.07 Å². The van der Waals surface area contributed by atoms with Crippen LogP contribution >= 0.6 is 0 Å². The maximum atomic E-state index is 12.6. The van der Waals surface area contributed by atoms with Gasteiger partial charge in [-0.2, -0.15) is 0 Å². The molecule has 0 radical (unpaired) electrons. The second-order valence-electron chi connectivity index (χ2n) is 10.6. The van der Waals surface area contributed by atoms with Gasteiger partial charge in [0, 0.05) is 31.0 Å². The summed E-state index contributed by atoms with van der Waals surface area (Å²) in [5.74, 6) is 1.00. The van der Waals surface area contributed by atoms with Gasteiger partial charge in [-0.05, 0) is 62.6 Å². The van der Waals surface area contributed by atoms with Crippen LogP contribution in [0.2, 0.25) is 0 Å². The molecule has 3 heterocycles. The van der Waals surface area contributed by atoms with E-state index in [1.54, 1.807) is 6.07 Å². The number of carbonyl (C=O) groups excluding carboxylic acids is 2. The molecule has 2 saturated carbocycles. The average Bonchev–Trinajstić information content (AvgIpc) is 3.40. The predicted octanol–water partition coefficient (Wildman–Crippen LogP) is 1.47. The van der Waals surface area contributed by atoms with Gasteiger partial charge in [0.25, 0.3) is 0 Å². The monoisotopic (exact) mass is 424 g/mol. The van der Waals surface area contributed by atoms with Gasteiger partial charge in [0.1, 0.15) is 6.10 Å². The first-order valence-electron chi connectivity index (χ1n) is 11.8. The van der Waals surface area contributed by atoms with E-state index in [0.717, 1.165) is 36.6 Å². The Morgan fingerprint density at radius 2 is 1.87 bits per heavy atom. The van der Waals surface area contributed by atoms with Gasteiger partial charge in [0.05, 0.1) is 17.1 Å². The molecule has 6 aliphatic rings. The number of phenolic OH excluding ortho intramolecular Hbond substituents is 1. The normalized spacial score (nSPS) is 40.8. The molecule has 5 atom stereocenters. The van der Waals surface area contributed by atoms with Crippen LogP contribution in [-0.4, -0.2) is 68.7 Å². The Morgan fingerprint density at radius 3 is 2.61 bits per heavy atom. The number of phenols is 1. The number of carbonyl (C=O) groups is 2. The van der Waals surface area contributed by atoms with Crippen molar-refractivity contribution in [3.8, 4) is 11.5 Å². The van der Waals surface area contributed by atoms with Gasteiger partial charge >= 0.3 is 0 Å². The fraction of sp³-hybridized carbons (Fsp3) is 0.667. The molecule has 0 aromatic heterocycles. The first-order valence-corrected chi connectivity index (χ1v) is 11.8. The zero-order valence-corrected chi connectivity index (χ0v) is 17.5. The Morgan fingerprint density at radius 1 is 1.10 bits per heavy atom. The van der Waals surface area contributed by atoms with Crippen LogP contribution in [0.15, 0.2) is 12.1 Å². The standard InChI is InChI=1S/C24H28N2O5/c27-16-4-3-14-11-17-24(30)8-7-15(26-18(28)5-6-19(26)29)22-23(24,20(14)21(16)31-22)9-10-25(17)12-13-1-2-13/h3-4,13,15,17,22,27,30H,1-2,5-12H2/t15-,17+,22+,23+,24-/m1/s1. The van der Waals surface area contributed by atoms with Crippen molar-refractivity contribution in [3.63, 3.8) is 0 Å². The number of aliphatic hydroxyl groups is 1. The number of amides is 2. The van der Waals surface area contributed by atoms with Gasteiger partial charge in [-0.25, -0.2) is 0 Å². The Labute approximate surface area is 181 Å². The maximum Gasteiger partial charge on any atom is 0.230 e. The van der Waals surface area contributed by atoms with E-state index < -0.39 is 23.2 Å². The number of benzene rings is 1.